The predicted molar refractivity (Wildman–Crippen MR) is 107 cm³/mol. The Balaban J connectivity index is 1.77. The average Bonchev–Trinajstić information content (AvgIpc) is 3.12. The van der Waals surface area contributed by atoms with Gasteiger partial charge in [-0.2, -0.15) is 0 Å². The summed E-state index contributed by atoms with van der Waals surface area (Å²) in [5.74, 6) is 0.889. The van der Waals surface area contributed by atoms with Crippen molar-refractivity contribution in [1.82, 2.24) is 4.90 Å². The number of anilines is 1. The molecule has 0 unspecified atom stereocenters. The normalized spacial score (nSPS) is 10.5. The Labute approximate surface area is 154 Å². The lowest BCUT2D eigenvalue weighted by molar-refractivity contribution is 0.360. The van der Waals surface area contributed by atoms with E-state index in [1.165, 1.54) is 16.7 Å². The largest absolute Gasteiger partial charge is 0.467 e. The van der Waals surface area contributed by atoms with Crippen molar-refractivity contribution in [3.05, 3.63) is 89.4 Å². The maximum atomic E-state index is 5.68. The highest BCUT2D eigenvalue weighted by Crippen LogP contribution is 2.17. The standard InChI is InChI=1S/C21H22N2OS/c1-16-10-11-19(13-17(16)2)22-21(25)23(15-20-9-6-12-24-20)14-18-7-4-3-5-8-18/h3-13H,14-15H2,1-2H3,(H,22,25). The molecule has 1 aromatic heterocycles. The fraction of sp³-hybridized carbons (Fsp3) is 0.190. The summed E-state index contributed by atoms with van der Waals surface area (Å²) in [4.78, 5) is 2.11. The van der Waals surface area contributed by atoms with Gasteiger partial charge < -0.3 is 14.6 Å². The van der Waals surface area contributed by atoms with E-state index in [4.69, 9.17) is 16.6 Å². The lowest BCUT2D eigenvalue weighted by atomic mass is 10.1. The highest BCUT2D eigenvalue weighted by molar-refractivity contribution is 7.80. The molecule has 1 N–H and O–H groups in total. The third-order valence-corrected chi connectivity index (χ3v) is 4.55. The van der Waals surface area contributed by atoms with E-state index in [2.05, 4.69) is 54.4 Å². The van der Waals surface area contributed by atoms with E-state index in [1.807, 2.05) is 30.3 Å². The maximum Gasteiger partial charge on any atom is 0.174 e. The summed E-state index contributed by atoms with van der Waals surface area (Å²) in [6, 6.07) is 20.5. The molecular weight excluding hydrogens is 328 g/mol. The van der Waals surface area contributed by atoms with Gasteiger partial charge in [0.15, 0.2) is 5.11 Å². The minimum absolute atomic E-state index is 0.624. The molecule has 4 heteroatoms. The van der Waals surface area contributed by atoms with Crippen molar-refractivity contribution in [3.63, 3.8) is 0 Å². The highest BCUT2D eigenvalue weighted by Gasteiger charge is 2.13. The van der Waals surface area contributed by atoms with Gasteiger partial charge in [-0.05, 0) is 67.0 Å². The van der Waals surface area contributed by atoms with Crippen LogP contribution in [-0.2, 0) is 13.1 Å². The van der Waals surface area contributed by atoms with Crippen molar-refractivity contribution in [1.29, 1.82) is 0 Å². The van der Waals surface area contributed by atoms with E-state index < -0.39 is 0 Å². The molecule has 3 nitrogen and oxygen atoms in total. The van der Waals surface area contributed by atoms with Crippen molar-refractivity contribution in [3.8, 4) is 0 Å². The summed E-state index contributed by atoms with van der Waals surface area (Å²) in [5.41, 5.74) is 4.73. The molecule has 0 fully saturated rings. The number of nitrogens with one attached hydrogen (secondary N) is 1. The van der Waals surface area contributed by atoms with Gasteiger partial charge in [0.1, 0.15) is 5.76 Å². The second-order valence-electron chi connectivity index (χ2n) is 6.15. The van der Waals surface area contributed by atoms with Crippen molar-refractivity contribution >= 4 is 23.0 Å². The van der Waals surface area contributed by atoms with Gasteiger partial charge in [-0.25, -0.2) is 0 Å². The van der Waals surface area contributed by atoms with Crippen molar-refractivity contribution in [2.45, 2.75) is 26.9 Å². The molecule has 0 aliphatic heterocycles. The molecule has 0 aliphatic carbocycles. The number of nitrogens with zero attached hydrogens (tertiary/aromatic N) is 1. The van der Waals surface area contributed by atoms with Gasteiger partial charge in [0.2, 0.25) is 0 Å². The Morgan fingerprint density at radius 3 is 2.44 bits per heavy atom. The summed E-state index contributed by atoms with van der Waals surface area (Å²) in [7, 11) is 0. The van der Waals surface area contributed by atoms with Crippen LogP contribution >= 0.6 is 12.2 Å². The summed E-state index contributed by atoms with van der Waals surface area (Å²) >= 11 is 5.68. The quantitative estimate of drug-likeness (QED) is 0.633. The molecule has 3 aromatic rings. The molecule has 0 saturated heterocycles. The summed E-state index contributed by atoms with van der Waals surface area (Å²) in [6.07, 6.45) is 1.69. The Morgan fingerprint density at radius 2 is 1.76 bits per heavy atom. The fourth-order valence-electron chi connectivity index (χ4n) is 2.62. The molecule has 0 atom stereocenters. The third kappa shape index (κ3) is 4.70. The predicted octanol–water partition coefficient (Wildman–Crippen LogP) is 5.30. The van der Waals surface area contributed by atoms with Crippen LogP contribution in [0, 0.1) is 13.8 Å². The monoisotopic (exact) mass is 350 g/mol. The zero-order valence-electron chi connectivity index (χ0n) is 14.5. The number of aryl methyl sites for hydroxylation is 2. The van der Waals surface area contributed by atoms with Crippen LogP contribution in [0.4, 0.5) is 5.69 Å². The second kappa shape index (κ2) is 7.99. The maximum absolute atomic E-state index is 5.68. The number of furan rings is 1. The van der Waals surface area contributed by atoms with Crippen LogP contribution in [0.25, 0.3) is 0 Å². The Bertz CT molecular complexity index is 828. The van der Waals surface area contributed by atoms with Gasteiger partial charge >= 0.3 is 0 Å². The van der Waals surface area contributed by atoms with Gasteiger partial charge in [0.25, 0.3) is 0 Å². The minimum atomic E-state index is 0.624. The Kier molecular flexibility index (Phi) is 5.51. The first kappa shape index (κ1) is 17.2. The summed E-state index contributed by atoms with van der Waals surface area (Å²) in [6.45, 7) is 5.56. The second-order valence-corrected chi connectivity index (χ2v) is 6.54. The Hall–Kier alpha value is -2.59. The van der Waals surface area contributed by atoms with Crippen LogP contribution in [0.1, 0.15) is 22.5 Å². The van der Waals surface area contributed by atoms with Gasteiger partial charge in [-0.1, -0.05) is 36.4 Å². The first-order valence-electron chi connectivity index (χ1n) is 8.31. The van der Waals surface area contributed by atoms with E-state index >= 15 is 0 Å². The zero-order valence-corrected chi connectivity index (χ0v) is 15.3. The highest BCUT2D eigenvalue weighted by atomic mass is 32.1. The zero-order chi connectivity index (χ0) is 17.6. The van der Waals surface area contributed by atoms with Crippen LogP contribution < -0.4 is 5.32 Å². The molecule has 1 heterocycles. The summed E-state index contributed by atoms with van der Waals surface area (Å²) in [5, 5.41) is 4.04. The van der Waals surface area contributed by atoms with Crippen molar-refractivity contribution < 1.29 is 4.42 Å². The molecule has 3 rings (SSSR count). The number of thiocarbonyl (C=S) groups is 1. The van der Waals surface area contributed by atoms with Crippen LogP contribution in [-0.4, -0.2) is 10.0 Å². The number of benzene rings is 2. The molecular formula is C21H22N2OS. The van der Waals surface area contributed by atoms with Crippen LogP contribution in [0.5, 0.6) is 0 Å². The molecule has 0 spiro atoms. The average molecular weight is 350 g/mol. The van der Waals surface area contributed by atoms with E-state index in [1.54, 1.807) is 6.26 Å². The first-order chi connectivity index (χ1) is 12.1. The molecule has 0 bridgehead atoms. The smallest absolute Gasteiger partial charge is 0.174 e. The number of hydrogen-bond acceptors (Lipinski definition) is 2. The van der Waals surface area contributed by atoms with Gasteiger partial charge in [-0.3, -0.25) is 0 Å². The lowest BCUT2D eigenvalue weighted by Gasteiger charge is -2.25. The Morgan fingerprint density at radius 1 is 0.960 bits per heavy atom. The molecule has 0 amide bonds. The molecule has 0 saturated carbocycles. The van der Waals surface area contributed by atoms with E-state index in [9.17, 15) is 0 Å². The van der Waals surface area contributed by atoms with Crippen molar-refractivity contribution in [2.75, 3.05) is 5.32 Å². The van der Waals surface area contributed by atoms with Crippen molar-refractivity contribution in [2.24, 2.45) is 0 Å². The van der Waals surface area contributed by atoms with Crippen LogP contribution in [0.2, 0.25) is 0 Å². The van der Waals surface area contributed by atoms with E-state index in [-0.39, 0.29) is 0 Å². The number of hydrogen-bond donors (Lipinski definition) is 1. The fourth-order valence-corrected chi connectivity index (χ4v) is 2.86. The minimum Gasteiger partial charge on any atom is -0.467 e. The SMILES string of the molecule is Cc1ccc(NC(=S)N(Cc2ccccc2)Cc2ccco2)cc1C. The van der Waals surface area contributed by atoms with Gasteiger partial charge in [0, 0.05) is 12.2 Å². The van der Waals surface area contributed by atoms with Crippen LogP contribution in [0.3, 0.4) is 0 Å². The van der Waals surface area contributed by atoms with E-state index in [0.29, 0.717) is 11.7 Å². The first-order valence-corrected chi connectivity index (χ1v) is 8.72. The lowest BCUT2D eigenvalue weighted by Crippen LogP contribution is -2.33. The van der Waals surface area contributed by atoms with E-state index in [0.717, 1.165) is 18.0 Å². The van der Waals surface area contributed by atoms with Gasteiger partial charge in [0.05, 0.1) is 12.8 Å². The summed E-state index contributed by atoms with van der Waals surface area (Å²) < 4.78 is 5.51. The van der Waals surface area contributed by atoms with Crippen LogP contribution in [0.15, 0.2) is 71.3 Å². The molecule has 0 aliphatic rings. The molecule has 0 radical (unpaired) electrons. The number of rotatable bonds is 5. The van der Waals surface area contributed by atoms with Gasteiger partial charge in [-0.15, -0.1) is 0 Å². The molecule has 2 aromatic carbocycles. The molecule has 25 heavy (non-hydrogen) atoms. The third-order valence-electron chi connectivity index (χ3n) is 4.19. The topological polar surface area (TPSA) is 28.4 Å². The molecule has 128 valence electrons.